The van der Waals surface area contributed by atoms with Gasteiger partial charge >= 0.3 is 6.03 Å². The van der Waals surface area contributed by atoms with Gasteiger partial charge < -0.3 is 34.5 Å². The Labute approximate surface area is 213 Å². The molecule has 2 N–H and O–H groups in total. The lowest BCUT2D eigenvalue weighted by Gasteiger charge is -2.40. The van der Waals surface area contributed by atoms with Crippen LogP contribution in [-0.2, 0) is 28.9 Å². The second-order valence-electron chi connectivity index (χ2n) is 11.0. The number of nitrogens with one attached hydrogen (secondary N) is 2. The zero-order valence-corrected chi connectivity index (χ0v) is 21.8. The molecule has 1 aromatic carbocycles. The van der Waals surface area contributed by atoms with Gasteiger partial charge in [-0.25, -0.2) is 4.79 Å². The van der Waals surface area contributed by atoms with Crippen molar-refractivity contribution in [1.82, 2.24) is 20.1 Å². The van der Waals surface area contributed by atoms with Gasteiger partial charge in [0.15, 0.2) is 0 Å². The fourth-order valence-corrected chi connectivity index (χ4v) is 6.42. The Hall–Kier alpha value is -2.55. The van der Waals surface area contributed by atoms with Crippen molar-refractivity contribution in [2.24, 2.45) is 0 Å². The third-order valence-corrected chi connectivity index (χ3v) is 8.14. The summed E-state index contributed by atoms with van der Waals surface area (Å²) >= 11 is 0. The van der Waals surface area contributed by atoms with E-state index in [-0.39, 0.29) is 24.3 Å². The Kier molecular flexibility index (Phi) is 6.44. The Balaban J connectivity index is 1.32. The molecule has 2 saturated heterocycles. The number of amides is 2. The average molecular weight is 494 g/mol. The predicted molar refractivity (Wildman–Crippen MR) is 140 cm³/mol. The summed E-state index contributed by atoms with van der Waals surface area (Å²) in [6.45, 7) is 10.1. The number of fused-ring (bicyclic) bond motifs is 2. The van der Waals surface area contributed by atoms with Crippen molar-refractivity contribution < 1.29 is 14.3 Å². The molecule has 3 atom stereocenters. The Morgan fingerprint density at radius 1 is 1.03 bits per heavy atom. The molecule has 1 aromatic heterocycles. The third kappa shape index (κ3) is 4.51. The van der Waals surface area contributed by atoms with Gasteiger partial charge in [0.05, 0.1) is 31.5 Å². The molecule has 4 aliphatic rings. The van der Waals surface area contributed by atoms with Crippen molar-refractivity contribution in [3.8, 4) is 11.3 Å². The smallest absolute Gasteiger partial charge is 0.320 e. The molecule has 0 saturated carbocycles. The first-order valence-electron chi connectivity index (χ1n) is 13.6. The van der Waals surface area contributed by atoms with Crippen LogP contribution in [0, 0.1) is 0 Å². The number of aryl methyl sites for hydroxylation is 1. The van der Waals surface area contributed by atoms with E-state index in [9.17, 15) is 4.79 Å². The van der Waals surface area contributed by atoms with Crippen LogP contribution in [0.3, 0.4) is 0 Å². The zero-order valence-electron chi connectivity index (χ0n) is 21.8. The Morgan fingerprint density at radius 2 is 1.86 bits per heavy atom. The summed E-state index contributed by atoms with van der Waals surface area (Å²) in [7, 11) is 2.17. The van der Waals surface area contributed by atoms with Gasteiger partial charge in [-0.2, -0.15) is 0 Å². The fourth-order valence-electron chi connectivity index (χ4n) is 6.42. The number of morpholine rings is 2. The van der Waals surface area contributed by atoms with Crippen molar-refractivity contribution >= 4 is 11.8 Å². The zero-order chi connectivity index (χ0) is 24.8. The molecule has 2 aromatic rings. The van der Waals surface area contributed by atoms with Crippen molar-refractivity contribution in [3.05, 3.63) is 40.5 Å². The maximum atomic E-state index is 13.5. The van der Waals surface area contributed by atoms with E-state index in [1.807, 2.05) is 23.6 Å². The summed E-state index contributed by atoms with van der Waals surface area (Å²) in [5, 5.41) is 3.67. The highest BCUT2D eigenvalue weighted by molar-refractivity contribution is 5.76. The van der Waals surface area contributed by atoms with Crippen molar-refractivity contribution in [2.75, 3.05) is 57.9 Å². The van der Waals surface area contributed by atoms with Crippen LogP contribution in [0.1, 0.15) is 48.6 Å². The van der Waals surface area contributed by atoms with Gasteiger partial charge in [0.2, 0.25) is 0 Å². The predicted octanol–water partition coefficient (Wildman–Crippen LogP) is 3.31. The topological polar surface area (TPSA) is 73.1 Å². The summed E-state index contributed by atoms with van der Waals surface area (Å²) in [6, 6.07) is 7.28. The van der Waals surface area contributed by atoms with E-state index in [0.717, 1.165) is 39.1 Å². The molecule has 6 rings (SSSR count). The molecule has 0 bridgehead atoms. The number of ether oxygens (including phenoxy) is 2. The van der Waals surface area contributed by atoms with E-state index in [1.54, 1.807) is 0 Å². The van der Waals surface area contributed by atoms with Crippen molar-refractivity contribution in [1.29, 1.82) is 0 Å². The lowest BCUT2D eigenvalue weighted by Crippen LogP contribution is -2.53. The normalized spacial score (nSPS) is 26.5. The number of aromatic amines is 1. The second-order valence-corrected chi connectivity index (χ2v) is 11.0. The third-order valence-electron chi connectivity index (χ3n) is 8.14. The summed E-state index contributed by atoms with van der Waals surface area (Å²) in [4.78, 5) is 23.6. The molecule has 2 fully saturated rings. The first-order chi connectivity index (χ1) is 17.5. The molecule has 0 spiro atoms. The van der Waals surface area contributed by atoms with Gasteiger partial charge in [0, 0.05) is 52.0 Å². The van der Waals surface area contributed by atoms with Crippen LogP contribution in [0.15, 0.2) is 18.2 Å². The first-order valence-corrected chi connectivity index (χ1v) is 13.6. The SMILES string of the molecule is C[C@@H]1CN(C(=O)N2CCc3cc(-c4cc5c([nH]4)N(C)CCC5)cc([C@@H]4COCCN4)c3C2)C[C@@H](C)O1. The molecular weight excluding hydrogens is 454 g/mol. The van der Waals surface area contributed by atoms with Crippen LogP contribution < -0.4 is 10.2 Å². The second kappa shape index (κ2) is 9.72. The standard InChI is InChI=1S/C28H39N5O3/c1-18-14-33(15-19(2)36-18)28(34)32-9-6-20-11-22(25-13-21-5-4-8-31(3)27(21)30-25)12-23(24(20)16-32)26-17-35-10-7-29-26/h11-13,18-19,26,29-30H,4-10,14-17H2,1-3H3/t18-,19-,26+/m1/s1. The number of carbonyl (C=O) groups excluding carboxylic acids is 1. The minimum atomic E-state index is 0.0714. The van der Waals surface area contributed by atoms with Crippen molar-refractivity contribution in [3.63, 3.8) is 0 Å². The van der Waals surface area contributed by atoms with Crippen LogP contribution >= 0.6 is 0 Å². The van der Waals surface area contributed by atoms with Gasteiger partial charge in [-0.1, -0.05) is 0 Å². The molecule has 36 heavy (non-hydrogen) atoms. The number of hydrogen-bond donors (Lipinski definition) is 2. The number of nitrogens with zero attached hydrogens (tertiary/aromatic N) is 3. The van der Waals surface area contributed by atoms with E-state index in [4.69, 9.17) is 9.47 Å². The van der Waals surface area contributed by atoms with Gasteiger partial charge in [0.25, 0.3) is 0 Å². The van der Waals surface area contributed by atoms with Crippen LogP contribution in [0.5, 0.6) is 0 Å². The number of urea groups is 1. The van der Waals surface area contributed by atoms with Crippen LogP contribution in [0.2, 0.25) is 0 Å². The highest BCUT2D eigenvalue weighted by Gasteiger charge is 2.33. The molecule has 8 heteroatoms. The van der Waals surface area contributed by atoms with Gasteiger partial charge in [-0.3, -0.25) is 0 Å². The molecular formula is C28H39N5O3. The number of hydrogen-bond acceptors (Lipinski definition) is 5. The molecule has 8 nitrogen and oxygen atoms in total. The van der Waals surface area contributed by atoms with Crippen molar-refractivity contribution in [2.45, 2.75) is 57.9 Å². The Morgan fingerprint density at radius 3 is 2.61 bits per heavy atom. The number of H-pyrrole nitrogens is 1. The molecule has 4 aliphatic heterocycles. The lowest BCUT2D eigenvalue weighted by molar-refractivity contribution is -0.0585. The molecule has 2 amide bonds. The number of rotatable bonds is 2. The molecule has 0 radical (unpaired) electrons. The number of anilines is 1. The molecule has 5 heterocycles. The highest BCUT2D eigenvalue weighted by atomic mass is 16.5. The minimum absolute atomic E-state index is 0.0714. The fraction of sp³-hybridized carbons (Fsp3) is 0.607. The summed E-state index contributed by atoms with van der Waals surface area (Å²) in [5.74, 6) is 1.25. The highest BCUT2D eigenvalue weighted by Crippen LogP contribution is 2.36. The summed E-state index contributed by atoms with van der Waals surface area (Å²) in [6.07, 6.45) is 3.33. The van der Waals surface area contributed by atoms with Crippen LogP contribution in [0.25, 0.3) is 11.3 Å². The monoisotopic (exact) mass is 493 g/mol. The van der Waals surface area contributed by atoms with E-state index in [0.29, 0.717) is 26.2 Å². The van der Waals surface area contributed by atoms with Gasteiger partial charge in [-0.15, -0.1) is 0 Å². The first kappa shape index (κ1) is 23.8. The van der Waals surface area contributed by atoms with Crippen LogP contribution in [0.4, 0.5) is 10.6 Å². The maximum absolute atomic E-state index is 13.5. The lowest BCUT2D eigenvalue weighted by atomic mass is 9.88. The van der Waals surface area contributed by atoms with E-state index < -0.39 is 0 Å². The molecule has 0 aliphatic carbocycles. The average Bonchev–Trinajstić information content (AvgIpc) is 3.33. The van der Waals surface area contributed by atoms with Gasteiger partial charge in [0.1, 0.15) is 5.82 Å². The maximum Gasteiger partial charge on any atom is 0.320 e. The van der Waals surface area contributed by atoms with Crippen LogP contribution in [-0.4, -0.2) is 86.0 Å². The van der Waals surface area contributed by atoms with E-state index in [1.165, 1.54) is 45.7 Å². The quantitative estimate of drug-likeness (QED) is 0.672. The largest absolute Gasteiger partial charge is 0.378 e. The van der Waals surface area contributed by atoms with E-state index >= 15 is 0 Å². The number of carbonyl (C=O) groups is 1. The van der Waals surface area contributed by atoms with Gasteiger partial charge in [-0.05, 0) is 79.1 Å². The van der Waals surface area contributed by atoms with E-state index in [2.05, 4.69) is 40.4 Å². The summed E-state index contributed by atoms with van der Waals surface area (Å²) < 4.78 is 11.7. The number of benzene rings is 1. The molecule has 194 valence electrons. The Bertz CT molecular complexity index is 1110. The minimum Gasteiger partial charge on any atom is -0.378 e. The molecule has 0 unspecified atom stereocenters. The summed E-state index contributed by atoms with van der Waals surface area (Å²) in [5.41, 5.74) is 7.72. The number of aromatic nitrogens is 1.